The average Bonchev–Trinajstić information content (AvgIpc) is 3.69. The Bertz CT molecular complexity index is 1680. The van der Waals surface area contributed by atoms with Crippen LogP contribution in [0.15, 0.2) is 46.6 Å². The highest BCUT2D eigenvalue weighted by Crippen LogP contribution is 2.66. The quantitative estimate of drug-likeness (QED) is 0.206. The average molecular weight is 687 g/mol. The van der Waals surface area contributed by atoms with E-state index in [1.807, 2.05) is 38.1 Å². The van der Waals surface area contributed by atoms with Crippen molar-refractivity contribution >= 4 is 30.1 Å². The molecule has 8 rings (SSSR count). The van der Waals surface area contributed by atoms with E-state index in [-0.39, 0.29) is 29.5 Å². The number of nitrogens with zero attached hydrogens (tertiary/aromatic N) is 4. The number of ether oxygens (including phenoxy) is 1. The minimum absolute atomic E-state index is 0.0786. The summed E-state index contributed by atoms with van der Waals surface area (Å²) >= 11 is 0. The van der Waals surface area contributed by atoms with Gasteiger partial charge in [0.25, 0.3) is 5.91 Å². The number of carboxylic acid groups (broad SMARTS) is 1. The SMILES string of the molecule is CC1(C)[C@@H]2C[C@H]3OB([C@H](Cc4coc5ccccc45)N(CC4CCCCN4C(=O)C(C#N)=CC(C)(C)N4CCOCC4)C(=O)O)O[C@@]3(C)[C@H]1C2. The van der Waals surface area contributed by atoms with Gasteiger partial charge in [0, 0.05) is 43.1 Å². The Morgan fingerprint density at radius 2 is 1.92 bits per heavy atom. The van der Waals surface area contributed by atoms with Crippen molar-refractivity contribution in [3.63, 3.8) is 0 Å². The molecular weight excluding hydrogens is 635 g/mol. The van der Waals surface area contributed by atoms with E-state index in [1.54, 1.807) is 17.2 Å². The summed E-state index contributed by atoms with van der Waals surface area (Å²) in [7, 11) is -0.790. The number of amides is 2. The van der Waals surface area contributed by atoms with Crippen LogP contribution in [0, 0.1) is 28.6 Å². The van der Waals surface area contributed by atoms with Crippen LogP contribution in [0.5, 0.6) is 0 Å². The van der Waals surface area contributed by atoms with Crippen LogP contribution in [0.1, 0.15) is 72.3 Å². The third-order valence-electron chi connectivity index (χ3n) is 12.9. The molecule has 2 aromatic rings. The second-order valence-corrected chi connectivity index (χ2v) is 16.4. The number of furan rings is 1. The van der Waals surface area contributed by atoms with Crippen molar-refractivity contribution in [1.82, 2.24) is 14.7 Å². The minimum atomic E-state index is -1.10. The fourth-order valence-electron chi connectivity index (χ4n) is 9.75. The highest BCUT2D eigenvalue weighted by molar-refractivity contribution is 6.48. The van der Waals surface area contributed by atoms with Crippen LogP contribution >= 0.6 is 0 Å². The molecule has 6 fully saturated rings. The lowest BCUT2D eigenvalue weighted by Crippen LogP contribution is -2.65. The van der Waals surface area contributed by atoms with Crippen LogP contribution < -0.4 is 0 Å². The first-order valence-electron chi connectivity index (χ1n) is 18.4. The van der Waals surface area contributed by atoms with Crippen LogP contribution in [0.2, 0.25) is 0 Å². The third-order valence-corrected chi connectivity index (χ3v) is 12.9. The number of fused-ring (bicyclic) bond motifs is 1. The van der Waals surface area contributed by atoms with Gasteiger partial charge in [0.05, 0.1) is 37.1 Å². The van der Waals surface area contributed by atoms with Crippen molar-refractivity contribution in [3.8, 4) is 6.07 Å². The van der Waals surface area contributed by atoms with Gasteiger partial charge in [-0.25, -0.2) is 4.79 Å². The number of likely N-dealkylation sites (tertiary alicyclic amines) is 1. The molecule has 3 saturated heterocycles. The predicted molar refractivity (Wildman–Crippen MR) is 188 cm³/mol. The Morgan fingerprint density at radius 1 is 1.16 bits per heavy atom. The molecule has 12 heteroatoms. The lowest BCUT2D eigenvalue weighted by atomic mass is 9.43. The second kappa shape index (κ2) is 13.3. The molecule has 11 nitrogen and oxygen atoms in total. The molecule has 1 unspecified atom stereocenters. The van der Waals surface area contributed by atoms with E-state index in [0.29, 0.717) is 57.5 Å². The Balaban J connectivity index is 1.18. The van der Waals surface area contributed by atoms with E-state index >= 15 is 0 Å². The number of hydrogen-bond donors (Lipinski definition) is 1. The molecule has 3 saturated carbocycles. The number of morpholine rings is 1. The van der Waals surface area contributed by atoms with Gasteiger partial charge < -0.3 is 33.4 Å². The van der Waals surface area contributed by atoms with Crippen molar-refractivity contribution in [2.45, 2.75) is 102 Å². The zero-order valence-electron chi connectivity index (χ0n) is 30.1. The van der Waals surface area contributed by atoms with E-state index in [4.69, 9.17) is 18.5 Å². The van der Waals surface area contributed by atoms with Gasteiger partial charge in [0.1, 0.15) is 17.2 Å². The molecule has 3 aliphatic carbocycles. The fraction of sp³-hybridized carbons (Fsp3) is 0.658. The molecule has 2 amide bonds. The number of piperidine rings is 1. The summed E-state index contributed by atoms with van der Waals surface area (Å²) in [4.78, 5) is 32.9. The van der Waals surface area contributed by atoms with Gasteiger partial charge in [-0.1, -0.05) is 32.0 Å². The fourth-order valence-corrected chi connectivity index (χ4v) is 9.75. The molecule has 0 spiro atoms. The van der Waals surface area contributed by atoms with Gasteiger partial charge >= 0.3 is 13.2 Å². The maximum absolute atomic E-state index is 14.2. The third kappa shape index (κ3) is 6.14. The van der Waals surface area contributed by atoms with Crippen molar-refractivity contribution in [2.75, 3.05) is 39.4 Å². The number of para-hydroxylation sites is 1. The molecule has 50 heavy (non-hydrogen) atoms. The summed E-state index contributed by atoms with van der Waals surface area (Å²) in [6.45, 7) is 14.0. The first kappa shape index (κ1) is 35.1. The summed E-state index contributed by atoms with van der Waals surface area (Å²) in [6.07, 6.45) is 6.85. The second-order valence-electron chi connectivity index (χ2n) is 16.4. The highest BCUT2D eigenvalue weighted by atomic mass is 16.7. The molecule has 1 aromatic heterocycles. The smallest absolute Gasteiger partial charge is 0.465 e. The molecular formula is C38H51BN4O7. The van der Waals surface area contributed by atoms with Crippen LogP contribution in [-0.2, 0) is 25.3 Å². The van der Waals surface area contributed by atoms with Gasteiger partial charge in [-0.15, -0.1) is 0 Å². The largest absolute Gasteiger partial charge is 0.482 e. The van der Waals surface area contributed by atoms with Gasteiger partial charge in [-0.2, -0.15) is 5.26 Å². The van der Waals surface area contributed by atoms with Crippen LogP contribution in [-0.4, -0.2) is 108 Å². The summed E-state index contributed by atoms with van der Waals surface area (Å²) in [5.74, 6) is -0.171. The van der Waals surface area contributed by atoms with E-state index in [0.717, 1.165) is 42.2 Å². The molecule has 6 aliphatic rings. The zero-order chi connectivity index (χ0) is 35.4. The van der Waals surface area contributed by atoms with Crippen LogP contribution in [0.25, 0.3) is 11.0 Å². The van der Waals surface area contributed by atoms with Crippen molar-refractivity contribution < 1.29 is 33.2 Å². The van der Waals surface area contributed by atoms with Crippen molar-refractivity contribution in [2.24, 2.45) is 17.3 Å². The van der Waals surface area contributed by atoms with E-state index < -0.39 is 36.3 Å². The number of nitriles is 1. The van der Waals surface area contributed by atoms with Gasteiger partial charge in [0.2, 0.25) is 0 Å². The Kier molecular flexibility index (Phi) is 9.33. The maximum Gasteiger partial charge on any atom is 0.482 e. The van der Waals surface area contributed by atoms with Crippen molar-refractivity contribution in [3.05, 3.63) is 47.7 Å². The first-order chi connectivity index (χ1) is 23.8. The monoisotopic (exact) mass is 686 g/mol. The normalized spacial score (nSPS) is 30.4. The molecule has 1 aromatic carbocycles. The van der Waals surface area contributed by atoms with Gasteiger partial charge in [0.15, 0.2) is 0 Å². The molecule has 1 N–H and O–H groups in total. The maximum atomic E-state index is 14.2. The molecule has 6 atom stereocenters. The predicted octanol–water partition coefficient (Wildman–Crippen LogP) is 5.53. The van der Waals surface area contributed by atoms with Crippen LogP contribution in [0.3, 0.4) is 0 Å². The molecule has 268 valence electrons. The molecule has 0 radical (unpaired) electrons. The molecule has 3 aliphatic heterocycles. The lowest BCUT2D eigenvalue weighted by molar-refractivity contribution is -0.199. The minimum Gasteiger partial charge on any atom is -0.465 e. The van der Waals surface area contributed by atoms with Crippen LogP contribution in [0.4, 0.5) is 4.79 Å². The Hall–Kier alpha value is -3.37. The van der Waals surface area contributed by atoms with Crippen molar-refractivity contribution in [1.29, 1.82) is 5.26 Å². The van der Waals surface area contributed by atoms with Gasteiger partial charge in [-0.3, -0.25) is 9.69 Å². The number of rotatable bonds is 9. The van der Waals surface area contributed by atoms with E-state index in [2.05, 4.69) is 31.7 Å². The Labute approximate surface area is 295 Å². The lowest BCUT2D eigenvalue weighted by Gasteiger charge is -2.64. The summed E-state index contributed by atoms with van der Waals surface area (Å²) in [5.41, 5.74) is 0.789. The molecule has 2 bridgehead atoms. The number of carbonyl (C=O) groups excluding carboxylic acids is 1. The van der Waals surface area contributed by atoms with Gasteiger partial charge in [-0.05, 0) is 94.3 Å². The topological polar surface area (TPSA) is 129 Å². The zero-order valence-corrected chi connectivity index (χ0v) is 30.1. The summed E-state index contributed by atoms with van der Waals surface area (Å²) < 4.78 is 25.1. The molecule has 4 heterocycles. The highest BCUT2D eigenvalue weighted by Gasteiger charge is 2.69. The number of carbonyl (C=O) groups is 2. The van der Waals surface area contributed by atoms with E-state index in [1.165, 1.54) is 4.90 Å². The summed E-state index contributed by atoms with van der Waals surface area (Å²) in [5, 5.41) is 22.1. The number of benzene rings is 1. The van der Waals surface area contributed by atoms with E-state index in [9.17, 15) is 20.0 Å². The Morgan fingerprint density at radius 3 is 2.64 bits per heavy atom. The number of hydrogen-bond acceptors (Lipinski definition) is 8. The summed E-state index contributed by atoms with van der Waals surface area (Å²) in [6, 6.07) is 9.53. The standard InChI is InChI=1S/C38H51BN4O7/c1-36(2,41-14-16-47-17-15-41)21-26(22-40)34(44)42-13-9-8-10-28(42)23-43(35(45)46)33(18-25-24-48-30-12-7-6-11-29(25)30)39-49-32-20-27-19-31(37(27,3)4)38(32,5)50-39/h6-7,11-12,21,24,27-28,31-33H,8-10,13-20,23H2,1-5H3,(H,45,46)/t27-,28?,31-,32+,33-,38-/m0/s1. The first-order valence-corrected chi connectivity index (χ1v) is 18.4.